The number of halogens is 2. The number of anilines is 4. The molecule has 4 heterocycles. The number of pyridine rings is 1. The number of aromatic nitrogens is 3. The number of carbonyl (C=O) groups excluding carboxylic acids is 1. The van der Waals surface area contributed by atoms with Crippen molar-refractivity contribution in [2.75, 3.05) is 53.3 Å². The molecule has 1 fully saturated rings. The molecule has 0 spiro atoms. The zero-order chi connectivity index (χ0) is 27.9. The average Bonchev–Trinajstić information content (AvgIpc) is 2.89. The number of hydrogen-bond donors (Lipinski definition) is 1. The number of fused-ring (bicyclic) bond motifs is 1. The number of amides is 1. The zero-order valence-electron chi connectivity index (χ0n) is 21.6. The normalized spacial score (nSPS) is 16.5. The van der Waals surface area contributed by atoms with Crippen LogP contribution in [0.5, 0.6) is 0 Å². The van der Waals surface area contributed by atoms with Crippen LogP contribution in [0.2, 0.25) is 0 Å². The number of nitrogens with zero attached hydrogens (tertiary/aromatic N) is 6. The van der Waals surface area contributed by atoms with Crippen LogP contribution in [-0.4, -0.2) is 77.8 Å². The highest BCUT2D eigenvalue weighted by molar-refractivity contribution is 8.00. The molecule has 0 saturated carbocycles. The summed E-state index contributed by atoms with van der Waals surface area (Å²) in [6.07, 6.45) is 3.85. The van der Waals surface area contributed by atoms with Crippen LogP contribution in [0.1, 0.15) is 13.8 Å². The second-order valence-electron chi connectivity index (χ2n) is 9.52. The maximum atomic E-state index is 15.0. The molecule has 2 aromatic heterocycles. The molecule has 0 unspecified atom stereocenters. The molecule has 206 valence electrons. The molecule has 1 aromatic carbocycles. The molecule has 2 aliphatic heterocycles. The Labute approximate surface area is 229 Å². The van der Waals surface area contributed by atoms with Crippen molar-refractivity contribution in [1.82, 2.24) is 19.3 Å². The quantitative estimate of drug-likeness (QED) is 0.472. The minimum absolute atomic E-state index is 0.0673. The molecular weight excluding hydrogens is 548 g/mol. The monoisotopic (exact) mass is 575 g/mol. The number of hydrogen-bond acceptors (Lipinski definition) is 9. The molecule has 3 aromatic rings. The second-order valence-corrected chi connectivity index (χ2v) is 12.5. The highest BCUT2D eigenvalue weighted by atomic mass is 32.2. The number of benzene rings is 1. The third-order valence-corrected chi connectivity index (χ3v) is 8.87. The lowest BCUT2D eigenvalue weighted by Gasteiger charge is -2.34. The van der Waals surface area contributed by atoms with Gasteiger partial charge in [-0.25, -0.2) is 32.2 Å². The Balaban J connectivity index is 1.36. The minimum Gasteiger partial charge on any atom is -0.368 e. The highest BCUT2D eigenvalue weighted by Crippen LogP contribution is 2.41. The molecule has 0 radical (unpaired) electrons. The third-order valence-electron chi connectivity index (χ3n) is 6.49. The number of thioether (sulfide) groups is 1. The van der Waals surface area contributed by atoms with Gasteiger partial charge in [0.15, 0.2) is 5.82 Å². The van der Waals surface area contributed by atoms with E-state index in [-0.39, 0.29) is 34.9 Å². The number of sulfonamides is 1. The van der Waals surface area contributed by atoms with Gasteiger partial charge in [0.1, 0.15) is 17.3 Å². The summed E-state index contributed by atoms with van der Waals surface area (Å²) in [6, 6.07) is 6.15. The SMILES string of the molecule is CC(C)N1C(=O)CSc2c(F)cc(-c3nc(Nc4ccc(N5CCN(S(C)(=O)=O)CC5)cn4)ncc3F)cc21. The summed E-state index contributed by atoms with van der Waals surface area (Å²) in [5.41, 5.74) is 1.30. The van der Waals surface area contributed by atoms with E-state index in [1.165, 1.54) is 21.5 Å². The fourth-order valence-corrected chi connectivity index (χ4v) is 6.35. The molecule has 14 heteroatoms. The van der Waals surface area contributed by atoms with E-state index in [1.807, 2.05) is 24.8 Å². The van der Waals surface area contributed by atoms with Gasteiger partial charge in [-0.1, -0.05) is 0 Å². The topological polar surface area (TPSA) is 112 Å². The molecule has 1 saturated heterocycles. The van der Waals surface area contributed by atoms with Crippen molar-refractivity contribution in [2.45, 2.75) is 24.8 Å². The van der Waals surface area contributed by atoms with Gasteiger partial charge in [-0.15, -0.1) is 11.8 Å². The fraction of sp³-hybridized carbons (Fsp3) is 0.360. The van der Waals surface area contributed by atoms with Gasteiger partial charge < -0.3 is 15.1 Å². The molecule has 2 aliphatic rings. The summed E-state index contributed by atoms with van der Waals surface area (Å²) in [5, 5.41) is 2.94. The van der Waals surface area contributed by atoms with Crippen molar-refractivity contribution in [3.05, 3.63) is 48.3 Å². The van der Waals surface area contributed by atoms with Crippen LogP contribution >= 0.6 is 11.8 Å². The molecule has 0 atom stereocenters. The van der Waals surface area contributed by atoms with Crippen LogP contribution in [0.25, 0.3) is 11.3 Å². The Kier molecular flexibility index (Phi) is 7.44. The van der Waals surface area contributed by atoms with Gasteiger partial charge >= 0.3 is 0 Å². The van der Waals surface area contributed by atoms with E-state index in [0.29, 0.717) is 42.6 Å². The van der Waals surface area contributed by atoms with Gasteiger partial charge in [0.05, 0.1) is 40.7 Å². The number of piperazine rings is 1. The number of rotatable bonds is 6. The predicted octanol–water partition coefficient (Wildman–Crippen LogP) is 3.49. The lowest BCUT2D eigenvalue weighted by Crippen LogP contribution is -2.48. The molecule has 0 aliphatic carbocycles. The summed E-state index contributed by atoms with van der Waals surface area (Å²) in [5.74, 6) is -0.806. The molecule has 1 amide bonds. The minimum atomic E-state index is -3.21. The van der Waals surface area contributed by atoms with E-state index in [2.05, 4.69) is 20.3 Å². The van der Waals surface area contributed by atoms with Crippen LogP contribution < -0.4 is 15.1 Å². The summed E-state index contributed by atoms with van der Waals surface area (Å²) in [6.45, 7) is 5.56. The largest absolute Gasteiger partial charge is 0.368 e. The van der Waals surface area contributed by atoms with Crippen molar-refractivity contribution in [3.63, 3.8) is 0 Å². The molecule has 10 nitrogen and oxygen atoms in total. The smallest absolute Gasteiger partial charge is 0.237 e. The van der Waals surface area contributed by atoms with Gasteiger partial charge in [-0.3, -0.25) is 4.79 Å². The average molecular weight is 576 g/mol. The number of carbonyl (C=O) groups is 1. The Bertz CT molecular complexity index is 1510. The van der Waals surface area contributed by atoms with E-state index < -0.39 is 21.7 Å². The first kappa shape index (κ1) is 27.2. The van der Waals surface area contributed by atoms with E-state index in [9.17, 15) is 17.6 Å². The predicted molar refractivity (Wildman–Crippen MR) is 147 cm³/mol. The Hall–Kier alpha value is -3.36. The molecule has 39 heavy (non-hydrogen) atoms. The maximum Gasteiger partial charge on any atom is 0.237 e. The van der Waals surface area contributed by atoms with Gasteiger partial charge in [0.2, 0.25) is 21.9 Å². The Morgan fingerprint density at radius 1 is 1.03 bits per heavy atom. The number of nitrogens with one attached hydrogen (secondary N) is 1. The van der Waals surface area contributed by atoms with Crippen LogP contribution in [0.15, 0.2) is 41.6 Å². The molecule has 1 N–H and O–H groups in total. The summed E-state index contributed by atoms with van der Waals surface area (Å²) in [4.78, 5) is 29.1. The lowest BCUT2D eigenvalue weighted by molar-refractivity contribution is -0.116. The van der Waals surface area contributed by atoms with Gasteiger partial charge in [0.25, 0.3) is 0 Å². The third kappa shape index (κ3) is 5.68. The maximum absolute atomic E-state index is 15.0. The fourth-order valence-electron chi connectivity index (χ4n) is 4.61. The first-order chi connectivity index (χ1) is 18.5. The van der Waals surface area contributed by atoms with Crippen molar-refractivity contribution in [1.29, 1.82) is 0 Å². The van der Waals surface area contributed by atoms with Gasteiger partial charge in [-0.05, 0) is 38.1 Å². The zero-order valence-corrected chi connectivity index (χ0v) is 23.2. The lowest BCUT2D eigenvalue weighted by atomic mass is 10.1. The van der Waals surface area contributed by atoms with E-state index in [0.717, 1.165) is 23.6 Å². The van der Waals surface area contributed by atoms with Gasteiger partial charge in [0, 0.05) is 37.8 Å². The Morgan fingerprint density at radius 3 is 2.41 bits per heavy atom. The molecular formula is C25H27F2N7O3S2. The second kappa shape index (κ2) is 10.7. The van der Waals surface area contributed by atoms with E-state index in [4.69, 9.17) is 0 Å². The van der Waals surface area contributed by atoms with E-state index >= 15 is 4.39 Å². The van der Waals surface area contributed by atoms with Crippen molar-refractivity contribution in [3.8, 4) is 11.3 Å². The molecule has 0 bridgehead atoms. The summed E-state index contributed by atoms with van der Waals surface area (Å²) < 4.78 is 54.8. The van der Waals surface area contributed by atoms with Crippen LogP contribution in [0.4, 0.5) is 31.9 Å². The summed E-state index contributed by atoms with van der Waals surface area (Å²) in [7, 11) is -3.21. The summed E-state index contributed by atoms with van der Waals surface area (Å²) >= 11 is 1.12. The van der Waals surface area contributed by atoms with Crippen molar-refractivity contribution in [2.24, 2.45) is 0 Å². The van der Waals surface area contributed by atoms with Crippen molar-refractivity contribution >= 4 is 50.8 Å². The molecule has 5 rings (SSSR count). The van der Waals surface area contributed by atoms with E-state index in [1.54, 1.807) is 18.3 Å². The van der Waals surface area contributed by atoms with Crippen molar-refractivity contribution < 1.29 is 22.0 Å². The van der Waals surface area contributed by atoms with Crippen LogP contribution in [-0.2, 0) is 14.8 Å². The van der Waals surface area contributed by atoms with Crippen LogP contribution in [0.3, 0.4) is 0 Å². The van der Waals surface area contributed by atoms with Gasteiger partial charge in [-0.2, -0.15) is 4.31 Å². The standard InChI is InChI=1S/C25H27F2N7O3S2/c1-15(2)34-20-11-16(10-18(26)24(20)38-14-22(34)35)23-19(27)13-29-25(31-23)30-21-5-4-17(12-28-21)32-6-8-33(9-7-32)39(3,36)37/h4-5,10-13,15H,6-9,14H2,1-3H3,(H,28,29,30,31). The first-order valence-corrected chi connectivity index (χ1v) is 15.1. The highest BCUT2D eigenvalue weighted by Gasteiger charge is 2.30. The first-order valence-electron chi connectivity index (χ1n) is 12.3. The Morgan fingerprint density at radius 2 is 1.77 bits per heavy atom. The van der Waals surface area contributed by atoms with Crippen LogP contribution in [0, 0.1) is 11.6 Å².